The normalized spacial score (nSPS) is 15.9. The van der Waals surface area contributed by atoms with Gasteiger partial charge in [-0.1, -0.05) is 0 Å². The maximum atomic E-state index is 6.38. The van der Waals surface area contributed by atoms with Gasteiger partial charge in [0.25, 0.3) is 0 Å². The molecule has 5 nitrogen and oxygen atoms in total. The molecule has 0 aromatic rings. The first-order chi connectivity index (χ1) is 13.9. The SMILES string of the molecule is CC(COCCC[Si](C)(C)O[Si](C)(C)C)OC(C)COCCC[Si](C)(C)O[Si](C)(C)C. The van der Waals surface area contributed by atoms with E-state index in [0.717, 1.165) is 38.1 Å². The standard InChI is InChI=1S/C22H54O5Si4/c1-21(19-23-15-13-17-30(9,10)26-28(3,4)5)25-22(2)20-24-16-14-18-31(11,12)27-29(6,7)8/h21-22H,13-20H2,1-12H3. The van der Waals surface area contributed by atoms with Crippen LogP contribution in [0.3, 0.4) is 0 Å². The van der Waals surface area contributed by atoms with Crippen LogP contribution in [0.5, 0.6) is 0 Å². The van der Waals surface area contributed by atoms with Crippen LogP contribution < -0.4 is 0 Å². The summed E-state index contributed by atoms with van der Waals surface area (Å²) in [5, 5.41) is 0. The van der Waals surface area contributed by atoms with Gasteiger partial charge >= 0.3 is 0 Å². The summed E-state index contributed by atoms with van der Waals surface area (Å²) in [6.45, 7) is 29.9. The van der Waals surface area contributed by atoms with Gasteiger partial charge in [0.1, 0.15) is 0 Å². The highest BCUT2D eigenvalue weighted by Crippen LogP contribution is 2.20. The van der Waals surface area contributed by atoms with E-state index < -0.39 is 33.3 Å². The lowest BCUT2D eigenvalue weighted by molar-refractivity contribution is -0.0705. The van der Waals surface area contributed by atoms with Gasteiger partial charge in [0.2, 0.25) is 0 Å². The largest absolute Gasteiger partial charge is 0.456 e. The summed E-state index contributed by atoms with van der Waals surface area (Å²) in [5.74, 6) is 0. The predicted octanol–water partition coefficient (Wildman–Crippen LogP) is 6.71. The molecule has 0 fully saturated rings. The lowest BCUT2D eigenvalue weighted by Crippen LogP contribution is -2.42. The molecule has 0 N–H and O–H groups in total. The third-order valence-electron chi connectivity index (χ3n) is 4.47. The van der Waals surface area contributed by atoms with Gasteiger partial charge < -0.3 is 22.4 Å². The molecule has 0 spiro atoms. The minimum atomic E-state index is -1.56. The second kappa shape index (κ2) is 14.2. The highest BCUT2D eigenvalue weighted by atomic mass is 28.4. The molecule has 2 unspecified atom stereocenters. The fraction of sp³-hybridized carbons (Fsp3) is 1.00. The number of rotatable bonds is 18. The molecule has 0 saturated heterocycles. The van der Waals surface area contributed by atoms with E-state index in [0.29, 0.717) is 13.2 Å². The first-order valence-electron chi connectivity index (χ1n) is 12.1. The predicted molar refractivity (Wildman–Crippen MR) is 144 cm³/mol. The summed E-state index contributed by atoms with van der Waals surface area (Å²) in [5.41, 5.74) is 0. The Morgan fingerprint density at radius 2 is 0.871 bits per heavy atom. The Kier molecular flexibility index (Phi) is 14.5. The second-order valence-electron chi connectivity index (χ2n) is 12.1. The van der Waals surface area contributed by atoms with E-state index in [-0.39, 0.29) is 12.2 Å². The van der Waals surface area contributed by atoms with Crippen LogP contribution in [0, 0.1) is 0 Å². The van der Waals surface area contributed by atoms with Crippen molar-refractivity contribution in [2.24, 2.45) is 0 Å². The molecule has 0 aliphatic heterocycles. The minimum Gasteiger partial charge on any atom is -0.456 e. The van der Waals surface area contributed by atoms with Crippen molar-refractivity contribution < 1.29 is 22.4 Å². The lowest BCUT2D eigenvalue weighted by Gasteiger charge is -2.31. The van der Waals surface area contributed by atoms with Gasteiger partial charge in [0.05, 0.1) is 25.4 Å². The molecule has 31 heavy (non-hydrogen) atoms. The van der Waals surface area contributed by atoms with Crippen LogP contribution in [0.4, 0.5) is 0 Å². The molecule has 0 radical (unpaired) electrons. The molecule has 0 aliphatic carbocycles. The van der Waals surface area contributed by atoms with Gasteiger partial charge in [-0.25, -0.2) is 0 Å². The van der Waals surface area contributed by atoms with Gasteiger partial charge in [-0.2, -0.15) is 0 Å². The summed E-state index contributed by atoms with van der Waals surface area (Å²) >= 11 is 0. The molecule has 0 aromatic carbocycles. The summed E-state index contributed by atoms with van der Waals surface area (Å²) < 4.78 is 30.5. The maximum Gasteiger partial charge on any atom is 0.173 e. The quantitative estimate of drug-likeness (QED) is 0.151. The van der Waals surface area contributed by atoms with E-state index in [9.17, 15) is 0 Å². The smallest absolute Gasteiger partial charge is 0.173 e. The zero-order valence-corrected chi connectivity index (χ0v) is 26.9. The Morgan fingerprint density at radius 1 is 0.548 bits per heavy atom. The van der Waals surface area contributed by atoms with E-state index in [1.807, 2.05) is 0 Å². The van der Waals surface area contributed by atoms with Crippen LogP contribution in [0.15, 0.2) is 0 Å². The molecule has 0 bridgehead atoms. The lowest BCUT2D eigenvalue weighted by atomic mass is 10.4. The van der Waals surface area contributed by atoms with Crippen LogP contribution in [0.2, 0.25) is 77.6 Å². The zero-order chi connectivity index (χ0) is 24.3. The van der Waals surface area contributed by atoms with Gasteiger partial charge in [-0.3, -0.25) is 0 Å². The average molecular weight is 511 g/mol. The Hall–Kier alpha value is 0.668. The monoisotopic (exact) mass is 510 g/mol. The third-order valence-corrected chi connectivity index (χ3v) is 16.9. The molecule has 0 saturated carbocycles. The zero-order valence-electron chi connectivity index (χ0n) is 22.9. The van der Waals surface area contributed by atoms with Crippen LogP contribution in [0.25, 0.3) is 0 Å². The molecule has 0 amide bonds. The number of hydrogen-bond donors (Lipinski definition) is 0. The van der Waals surface area contributed by atoms with E-state index in [1.165, 1.54) is 0 Å². The molecule has 0 aromatic heterocycles. The fourth-order valence-corrected chi connectivity index (χ4v) is 20.0. The summed E-state index contributed by atoms with van der Waals surface area (Å²) in [7, 11) is -6.01. The van der Waals surface area contributed by atoms with Gasteiger partial charge in [-0.15, -0.1) is 0 Å². The molecular formula is C22H54O5Si4. The van der Waals surface area contributed by atoms with Crippen LogP contribution in [0.1, 0.15) is 26.7 Å². The second-order valence-corrected chi connectivity index (χ2v) is 30.2. The van der Waals surface area contributed by atoms with Gasteiger partial charge in [0, 0.05) is 13.2 Å². The van der Waals surface area contributed by atoms with Crippen LogP contribution in [-0.4, -0.2) is 71.9 Å². The van der Waals surface area contributed by atoms with Gasteiger partial charge in [0.15, 0.2) is 33.3 Å². The van der Waals surface area contributed by atoms with Crippen molar-refractivity contribution in [2.75, 3.05) is 26.4 Å². The Bertz CT molecular complexity index is 434. The molecule has 0 rings (SSSR count). The Morgan fingerprint density at radius 3 is 1.16 bits per heavy atom. The Balaban J connectivity index is 3.83. The third kappa shape index (κ3) is 21.0. The van der Waals surface area contributed by atoms with E-state index in [4.69, 9.17) is 22.4 Å². The fourth-order valence-electron chi connectivity index (χ4n) is 3.93. The topological polar surface area (TPSA) is 46.2 Å². The Labute approximate surface area is 198 Å². The summed E-state index contributed by atoms with van der Waals surface area (Å²) in [6, 6.07) is 2.30. The van der Waals surface area contributed by atoms with E-state index in [2.05, 4.69) is 79.3 Å². The molecule has 0 aliphatic rings. The summed E-state index contributed by atoms with van der Waals surface area (Å²) in [6.07, 6.45) is 2.30. The van der Waals surface area contributed by atoms with Crippen molar-refractivity contribution in [3.05, 3.63) is 0 Å². The van der Waals surface area contributed by atoms with Crippen molar-refractivity contribution in [3.8, 4) is 0 Å². The number of ether oxygens (including phenoxy) is 3. The highest BCUT2D eigenvalue weighted by molar-refractivity contribution is 6.84. The molecule has 0 heterocycles. The van der Waals surface area contributed by atoms with Crippen molar-refractivity contribution in [1.29, 1.82) is 0 Å². The first kappa shape index (κ1) is 31.7. The van der Waals surface area contributed by atoms with E-state index >= 15 is 0 Å². The van der Waals surface area contributed by atoms with Crippen LogP contribution >= 0.6 is 0 Å². The van der Waals surface area contributed by atoms with E-state index in [1.54, 1.807) is 0 Å². The minimum absolute atomic E-state index is 0.0820. The summed E-state index contributed by atoms with van der Waals surface area (Å²) in [4.78, 5) is 0. The van der Waals surface area contributed by atoms with Crippen molar-refractivity contribution >= 4 is 33.3 Å². The highest BCUT2D eigenvalue weighted by Gasteiger charge is 2.29. The van der Waals surface area contributed by atoms with Crippen molar-refractivity contribution in [3.63, 3.8) is 0 Å². The van der Waals surface area contributed by atoms with Crippen molar-refractivity contribution in [1.82, 2.24) is 0 Å². The molecule has 9 heteroatoms. The molecule has 188 valence electrons. The maximum absolute atomic E-state index is 6.38. The van der Waals surface area contributed by atoms with Gasteiger partial charge in [-0.05, 0) is 104 Å². The van der Waals surface area contributed by atoms with Crippen molar-refractivity contribution in [2.45, 2.75) is 116 Å². The molecular weight excluding hydrogens is 457 g/mol. The average Bonchev–Trinajstić information content (AvgIpc) is 2.49. The number of hydrogen-bond acceptors (Lipinski definition) is 5. The van der Waals surface area contributed by atoms with Crippen LogP contribution in [-0.2, 0) is 22.4 Å². The molecule has 2 atom stereocenters. The first-order valence-corrected chi connectivity index (χ1v) is 25.2.